The van der Waals surface area contributed by atoms with Crippen LogP contribution in [0.2, 0.25) is 0 Å². The Balaban J connectivity index is 1.97. The molecule has 2 N–H and O–H groups in total. The van der Waals surface area contributed by atoms with Crippen LogP contribution in [0.1, 0.15) is 18.1 Å². The molecule has 8 nitrogen and oxygen atoms in total. The van der Waals surface area contributed by atoms with Gasteiger partial charge in [0.15, 0.2) is 0 Å². The van der Waals surface area contributed by atoms with E-state index in [9.17, 15) is 14.4 Å². The molecule has 4 rings (SSSR count). The van der Waals surface area contributed by atoms with Crippen molar-refractivity contribution in [2.24, 2.45) is 7.05 Å². The first-order chi connectivity index (χ1) is 17.2. The van der Waals surface area contributed by atoms with Crippen LogP contribution < -0.4 is 20.9 Å². The minimum atomic E-state index is -0.351. The maximum Gasteiger partial charge on any atom is 0.258 e. The van der Waals surface area contributed by atoms with Gasteiger partial charge in [-0.3, -0.25) is 14.4 Å². The third-order valence-corrected chi connectivity index (χ3v) is 5.72. The fourth-order valence-corrected chi connectivity index (χ4v) is 3.99. The van der Waals surface area contributed by atoms with Crippen LogP contribution in [0.3, 0.4) is 0 Å². The maximum atomic E-state index is 13.0. The largest absolute Gasteiger partial charge is 0.456 e. The number of benzene rings is 2. The molecule has 0 radical (unpaired) electrons. The first-order valence-corrected chi connectivity index (χ1v) is 11.3. The third kappa shape index (κ3) is 4.88. The van der Waals surface area contributed by atoms with Crippen LogP contribution in [0.5, 0.6) is 11.5 Å². The number of aromatic nitrogens is 2. The molecule has 2 aromatic carbocycles. The second-order valence-electron chi connectivity index (χ2n) is 8.48. The molecule has 4 aromatic rings. The van der Waals surface area contributed by atoms with Crippen LogP contribution >= 0.6 is 0 Å². The summed E-state index contributed by atoms with van der Waals surface area (Å²) in [4.78, 5) is 40.8. The molecule has 0 bridgehead atoms. The van der Waals surface area contributed by atoms with E-state index in [-0.39, 0.29) is 23.2 Å². The van der Waals surface area contributed by atoms with Crippen LogP contribution in [0.25, 0.3) is 21.9 Å². The second-order valence-corrected chi connectivity index (χ2v) is 8.48. The van der Waals surface area contributed by atoms with E-state index in [1.165, 1.54) is 17.6 Å². The number of hydrogen-bond donors (Lipinski definition) is 2. The van der Waals surface area contributed by atoms with Gasteiger partial charge < -0.3 is 19.9 Å². The molecular weight excluding hydrogens is 456 g/mol. The molecule has 0 atom stereocenters. The molecule has 2 aromatic heterocycles. The van der Waals surface area contributed by atoms with E-state index < -0.39 is 0 Å². The molecule has 0 aliphatic heterocycles. The fourth-order valence-electron chi connectivity index (χ4n) is 3.99. The molecule has 0 aliphatic rings. The van der Waals surface area contributed by atoms with Crippen molar-refractivity contribution < 1.29 is 14.3 Å². The summed E-state index contributed by atoms with van der Waals surface area (Å²) in [5.74, 6) is 0.904. The number of fused-ring (bicyclic) bond motifs is 1. The predicted octanol–water partition coefficient (Wildman–Crippen LogP) is 5.09. The Morgan fingerprint density at radius 1 is 1.03 bits per heavy atom. The van der Waals surface area contributed by atoms with Crippen molar-refractivity contribution in [2.45, 2.75) is 20.8 Å². The number of pyridine rings is 2. The molecule has 36 heavy (non-hydrogen) atoms. The second kappa shape index (κ2) is 9.87. The zero-order valence-corrected chi connectivity index (χ0v) is 20.5. The van der Waals surface area contributed by atoms with Crippen molar-refractivity contribution >= 4 is 34.1 Å². The molecule has 182 valence electrons. The van der Waals surface area contributed by atoms with Crippen molar-refractivity contribution in [3.05, 3.63) is 89.0 Å². The third-order valence-electron chi connectivity index (χ3n) is 5.72. The first-order valence-electron chi connectivity index (χ1n) is 11.3. The average Bonchev–Trinajstić information content (AvgIpc) is 2.84. The summed E-state index contributed by atoms with van der Waals surface area (Å²) in [5, 5.41) is 6.35. The van der Waals surface area contributed by atoms with Gasteiger partial charge in [0.05, 0.1) is 5.39 Å². The monoisotopic (exact) mass is 482 g/mol. The van der Waals surface area contributed by atoms with E-state index in [0.717, 1.165) is 16.9 Å². The molecule has 0 unspecified atom stereocenters. The van der Waals surface area contributed by atoms with Gasteiger partial charge in [-0.15, -0.1) is 0 Å². The summed E-state index contributed by atoms with van der Waals surface area (Å²) in [6, 6.07) is 12.8. The number of carbonyl (C=O) groups excluding carboxylic acids is 2. The van der Waals surface area contributed by atoms with Crippen LogP contribution in [0.4, 0.5) is 11.5 Å². The summed E-state index contributed by atoms with van der Waals surface area (Å²) in [5.41, 5.74) is 3.55. The Morgan fingerprint density at radius 2 is 1.75 bits per heavy atom. The zero-order valence-electron chi connectivity index (χ0n) is 20.5. The Morgan fingerprint density at radius 3 is 2.42 bits per heavy atom. The number of nitrogens with one attached hydrogen (secondary N) is 2. The van der Waals surface area contributed by atoms with Gasteiger partial charge >= 0.3 is 0 Å². The molecule has 0 fully saturated rings. The van der Waals surface area contributed by atoms with Gasteiger partial charge in [-0.05, 0) is 55.3 Å². The first kappa shape index (κ1) is 24.4. The fraction of sp³-hybridized carbons (Fsp3) is 0.143. The quantitative estimate of drug-likeness (QED) is 0.373. The van der Waals surface area contributed by atoms with Crippen LogP contribution in [0, 0.1) is 13.8 Å². The van der Waals surface area contributed by atoms with Gasteiger partial charge in [-0.1, -0.05) is 24.8 Å². The number of rotatable bonds is 6. The predicted molar refractivity (Wildman–Crippen MR) is 142 cm³/mol. The SMILES string of the molecule is C=CC(=O)Nc1ccc(Oc2c(C)cccc2C)c(-c2cn(C)c(=O)c3cc(NC(C)=O)ncc23)c1. The van der Waals surface area contributed by atoms with E-state index in [1.54, 1.807) is 43.7 Å². The lowest BCUT2D eigenvalue weighted by atomic mass is 10.00. The number of anilines is 2. The summed E-state index contributed by atoms with van der Waals surface area (Å²) in [6.45, 7) is 8.82. The number of carbonyl (C=O) groups is 2. The van der Waals surface area contributed by atoms with E-state index in [2.05, 4.69) is 22.2 Å². The summed E-state index contributed by atoms with van der Waals surface area (Å²) in [6.07, 6.45) is 4.45. The van der Waals surface area contributed by atoms with Crippen LogP contribution in [-0.4, -0.2) is 21.4 Å². The normalized spacial score (nSPS) is 10.7. The van der Waals surface area contributed by atoms with Crippen LogP contribution in [-0.2, 0) is 16.6 Å². The average molecular weight is 483 g/mol. The number of aryl methyl sites for hydroxylation is 3. The van der Waals surface area contributed by atoms with E-state index in [0.29, 0.717) is 33.3 Å². The summed E-state index contributed by atoms with van der Waals surface area (Å²) >= 11 is 0. The standard InChI is InChI=1S/C28H26N4O4/c1-6-26(34)31-19-10-11-24(36-27-16(2)8-7-9-17(27)3)20(12-19)23-15-32(5)28(35)21-13-25(30-18(4)33)29-14-22(21)23/h6-15H,1H2,2-5H3,(H,31,34)(H,29,30,33). The number of amides is 2. The molecule has 0 saturated heterocycles. The molecule has 0 spiro atoms. The number of para-hydroxylation sites is 1. The van der Waals surface area contributed by atoms with Gasteiger partial charge in [-0.25, -0.2) is 4.98 Å². The van der Waals surface area contributed by atoms with E-state index >= 15 is 0 Å². The van der Waals surface area contributed by atoms with Crippen molar-refractivity contribution in [3.63, 3.8) is 0 Å². The highest BCUT2D eigenvalue weighted by molar-refractivity contribution is 6.02. The lowest BCUT2D eigenvalue weighted by Crippen LogP contribution is -2.17. The number of nitrogens with zero attached hydrogens (tertiary/aromatic N) is 2. The van der Waals surface area contributed by atoms with Gasteiger partial charge in [0.2, 0.25) is 11.8 Å². The van der Waals surface area contributed by atoms with Gasteiger partial charge in [0.25, 0.3) is 5.56 Å². The lowest BCUT2D eigenvalue weighted by molar-refractivity contribution is -0.114. The Labute approximate surface area is 208 Å². The van der Waals surface area contributed by atoms with Gasteiger partial charge in [0.1, 0.15) is 17.3 Å². The highest BCUT2D eigenvalue weighted by atomic mass is 16.5. The van der Waals surface area contributed by atoms with E-state index in [4.69, 9.17) is 4.74 Å². The van der Waals surface area contributed by atoms with Crippen molar-refractivity contribution in [1.29, 1.82) is 0 Å². The minimum absolute atomic E-state index is 0.240. The van der Waals surface area contributed by atoms with Crippen LogP contribution in [0.15, 0.2) is 72.3 Å². The topological polar surface area (TPSA) is 102 Å². The highest BCUT2D eigenvalue weighted by Gasteiger charge is 2.17. The van der Waals surface area contributed by atoms with Gasteiger partial charge in [0, 0.05) is 48.6 Å². The Kier molecular flexibility index (Phi) is 6.69. The van der Waals surface area contributed by atoms with Crippen molar-refractivity contribution in [3.8, 4) is 22.6 Å². The molecule has 8 heteroatoms. The lowest BCUT2D eigenvalue weighted by Gasteiger charge is -2.18. The number of hydrogen-bond acceptors (Lipinski definition) is 5. The summed E-state index contributed by atoms with van der Waals surface area (Å²) in [7, 11) is 1.65. The molecule has 0 aliphatic carbocycles. The Bertz CT molecular complexity index is 1570. The summed E-state index contributed by atoms with van der Waals surface area (Å²) < 4.78 is 7.87. The zero-order chi connectivity index (χ0) is 26.0. The highest BCUT2D eigenvalue weighted by Crippen LogP contribution is 2.40. The molecule has 2 heterocycles. The van der Waals surface area contributed by atoms with Gasteiger partial charge in [-0.2, -0.15) is 0 Å². The van der Waals surface area contributed by atoms with Crippen molar-refractivity contribution in [2.75, 3.05) is 10.6 Å². The Hall–Kier alpha value is -4.72. The smallest absolute Gasteiger partial charge is 0.258 e. The molecule has 2 amide bonds. The molecular formula is C28H26N4O4. The molecule has 0 saturated carbocycles. The number of ether oxygens (including phenoxy) is 1. The van der Waals surface area contributed by atoms with Crippen molar-refractivity contribution in [1.82, 2.24) is 9.55 Å². The minimum Gasteiger partial charge on any atom is -0.456 e. The van der Waals surface area contributed by atoms with E-state index in [1.807, 2.05) is 32.0 Å². The maximum absolute atomic E-state index is 13.0.